The molecule has 0 aliphatic rings. The highest BCUT2D eigenvalue weighted by Crippen LogP contribution is 2.31. The minimum absolute atomic E-state index is 0.534. The Kier molecular flexibility index (Phi) is 4.14. The molecule has 0 fully saturated rings. The molecule has 0 radical (unpaired) electrons. The van der Waals surface area contributed by atoms with E-state index >= 15 is 0 Å². The molecule has 0 bridgehead atoms. The van der Waals surface area contributed by atoms with Gasteiger partial charge >= 0.3 is 0 Å². The van der Waals surface area contributed by atoms with Crippen LogP contribution in [0, 0.1) is 6.92 Å². The number of halogens is 1. The lowest BCUT2D eigenvalue weighted by atomic mass is 10.1. The van der Waals surface area contributed by atoms with Crippen LogP contribution in [0.5, 0.6) is 5.75 Å². The van der Waals surface area contributed by atoms with Gasteiger partial charge in [0, 0.05) is 6.42 Å². The van der Waals surface area contributed by atoms with Crippen LogP contribution in [-0.2, 0) is 11.2 Å². The number of aryl methyl sites for hydroxylation is 2. The molecule has 1 aromatic carbocycles. The number of methoxy groups -OCH3 is 1. The molecule has 0 aliphatic carbocycles. The first-order valence-corrected chi connectivity index (χ1v) is 5.25. The van der Waals surface area contributed by atoms with Crippen LogP contribution < -0.4 is 4.74 Å². The SMILES string of the molecule is COc1c(Br)cc(C)cc1CCC=O. The molecular formula is C11H13BrO2. The summed E-state index contributed by atoms with van der Waals surface area (Å²) in [5, 5.41) is 0. The normalized spacial score (nSPS) is 9.93. The van der Waals surface area contributed by atoms with Crippen molar-refractivity contribution in [2.45, 2.75) is 19.8 Å². The first-order chi connectivity index (χ1) is 6.69. The quantitative estimate of drug-likeness (QED) is 0.775. The highest BCUT2D eigenvalue weighted by atomic mass is 79.9. The largest absolute Gasteiger partial charge is 0.495 e. The summed E-state index contributed by atoms with van der Waals surface area (Å²) in [5.41, 5.74) is 2.24. The first-order valence-electron chi connectivity index (χ1n) is 4.45. The zero-order valence-corrected chi connectivity index (χ0v) is 9.93. The van der Waals surface area contributed by atoms with Crippen LogP contribution in [0.25, 0.3) is 0 Å². The number of ether oxygens (including phenoxy) is 1. The van der Waals surface area contributed by atoms with Crippen molar-refractivity contribution in [3.8, 4) is 5.75 Å². The molecule has 0 aromatic heterocycles. The zero-order chi connectivity index (χ0) is 10.6. The van der Waals surface area contributed by atoms with Crippen LogP contribution in [-0.4, -0.2) is 13.4 Å². The van der Waals surface area contributed by atoms with E-state index in [1.807, 2.05) is 19.1 Å². The second kappa shape index (κ2) is 5.15. The lowest BCUT2D eigenvalue weighted by Crippen LogP contribution is -1.95. The minimum Gasteiger partial charge on any atom is -0.495 e. The molecular weight excluding hydrogens is 244 g/mol. The van der Waals surface area contributed by atoms with E-state index in [-0.39, 0.29) is 0 Å². The smallest absolute Gasteiger partial charge is 0.136 e. The van der Waals surface area contributed by atoms with Crippen molar-refractivity contribution >= 4 is 22.2 Å². The molecule has 76 valence electrons. The molecule has 0 amide bonds. The molecule has 0 saturated heterocycles. The Hall–Kier alpha value is -0.830. The van der Waals surface area contributed by atoms with Gasteiger partial charge in [-0.2, -0.15) is 0 Å². The summed E-state index contributed by atoms with van der Waals surface area (Å²) >= 11 is 3.44. The third kappa shape index (κ3) is 2.58. The Morgan fingerprint density at radius 1 is 1.50 bits per heavy atom. The van der Waals surface area contributed by atoms with E-state index in [1.54, 1.807) is 7.11 Å². The Bertz CT molecular complexity index is 334. The van der Waals surface area contributed by atoms with E-state index in [4.69, 9.17) is 4.74 Å². The molecule has 2 nitrogen and oxygen atoms in total. The maximum absolute atomic E-state index is 10.3. The summed E-state index contributed by atoms with van der Waals surface area (Å²) in [6, 6.07) is 4.05. The van der Waals surface area contributed by atoms with Gasteiger partial charge in [-0.25, -0.2) is 0 Å². The zero-order valence-electron chi connectivity index (χ0n) is 8.34. The summed E-state index contributed by atoms with van der Waals surface area (Å²) in [7, 11) is 1.64. The highest BCUT2D eigenvalue weighted by Gasteiger charge is 2.07. The molecule has 0 aliphatic heterocycles. The molecule has 0 spiro atoms. The Morgan fingerprint density at radius 2 is 2.21 bits per heavy atom. The van der Waals surface area contributed by atoms with Gasteiger partial charge in [0.25, 0.3) is 0 Å². The lowest BCUT2D eigenvalue weighted by molar-refractivity contribution is -0.107. The van der Waals surface area contributed by atoms with Crippen molar-refractivity contribution in [3.63, 3.8) is 0 Å². The van der Waals surface area contributed by atoms with Crippen molar-refractivity contribution in [2.75, 3.05) is 7.11 Å². The van der Waals surface area contributed by atoms with Crippen molar-refractivity contribution in [2.24, 2.45) is 0 Å². The van der Waals surface area contributed by atoms with Gasteiger partial charge in [0.05, 0.1) is 11.6 Å². The van der Waals surface area contributed by atoms with Crippen LogP contribution in [0.15, 0.2) is 16.6 Å². The predicted octanol–water partition coefficient (Wildman–Crippen LogP) is 2.90. The molecule has 0 unspecified atom stereocenters. The maximum Gasteiger partial charge on any atom is 0.136 e. The molecule has 0 N–H and O–H groups in total. The summed E-state index contributed by atoms with van der Waals surface area (Å²) in [4.78, 5) is 10.3. The van der Waals surface area contributed by atoms with Gasteiger partial charge in [0.15, 0.2) is 0 Å². The summed E-state index contributed by atoms with van der Waals surface area (Å²) < 4.78 is 6.21. The number of benzene rings is 1. The Balaban J connectivity index is 3.04. The molecule has 1 aromatic rings. The van der Waals surface area contributed by atoms with Gasteiger partial charge in [0.1, 0.15) is 12.0 Å². The number of hydrogen-bond acceptors (Lipinski definition) is 2. The van der Waals surface area contributed by atoms with Crippen LogP contribution in [0.3, 0.4) is 0 Å². The average molecular weight is 257 g/mol. The lowest BCUT2D eigenvalue weighted by Gasteiger charge is -2.10. The molecule has 1 rings (SSSR count). The van der Waals surface area contributed by atoms with E-state index in [9.17, 15) is 4.79 Å². The van der Waals surface area contributed by atoms with Gasteiger partial charge in [-0.1, -0.05) is 6.07 Å². The van der Waals surface area contributed by atoms with Crippen LogP contribution in [0.2, 0.25) is 0 Å². The summed E-state index contributed by atoms with van der Waals surface area (Å²) in [5.74, 6) is 0.831. The maximum atomic E-state index is 10.3. The van der Waals surface area contributed by atoms with Gasteiger partial charge in [-0.15, -0.1) is 0 Å². The van der Waals surface area contributed by atoms with Crippen molar-refractivity contribution in [3.05, 3.63) is 27.7 Å². The molecule has 0 saturated carbocycles. The molecule has 0 heterocycles. The monoisotopic (exact) mass is 256 g/mol. The number of carbonyl (C=O) groups excluding carboxylic acids is 1. The minimum atomic E-state index is 0.534. The van der Waals surface area contributed by atoms with Crippen LogP contribution in [0.4, 0.5) is 0 Å². The van der Waals surface area contributed by atoms with Gasteiger partial charge in [-0.05, 0) is 46.5 Å². The second-order valence-corrected chi connectivity index (χ2v) is 4.00. The highest BCUT2D eigenvalue weighted by molar-refractivity contribution is 9.10. The van der Waals surface area contributed by atoms with Crippen molar-refractivity contribution in [1.29, 1.82) is 0 Å². The number of aldehydes is 1. The molecule has 3 heteroatoms. The Labute approximate surface area is 92.4 Å². The van der Waals surface area contributed by atoms with Crippen molar-refractivity contribution < 1.29 is 9.53 Å². The standard InChI is InChI=1S/C11H13BrO2/c1-8-6-9(4-3-5-13)11(14-2)10(12)7-8/h5-7H,3-4H2,1-2H3. The van der Waals surface area contributed by atoms with Gasteiger partial charge in [-0.3, -0.25) is 0 Å². The van der Waals surface area contributed by atoms with Crippen LogP contribution >= 0.6 is 15.9 Å². The van der Waals surface area contributed by atoms with Crippen molar-refractivity contribution in [1.82, 2.24) is 0 Å². The topological polar surface area (TPSA) is 26.3 Å². The summed E-state index contributed by atoms with van der Waals surface area (Å²) in [6.07, 6.45) is 2.19. The molecule has 14 heavy (non-hydrogen) atoms. The fourth-order valence-corrected chi connectivity index (χ4v) is 2.21. The van der Waals surface area contributed by atoms with E-state index in [0.29, 0.717) is 6.42 Å². The Morgan fingerprint density at radius 3 is 2.79 bits per heavy atom. The third-order valence-corrected chi connectivity index (χ3v) is 2.59. The number of rotatable bonds is 4. The first kappa shape index (κ1) is 11.2. The van der Waals surface area contributed by atoms with E-state index < -0.39 is 0 Å². The fourth-order valence-electron chi connectivity index (χ4n) is 1.43. The van der Waals surface area contributed by atoms with E-state index in [1.165, 1.54) is 5.56 Å². The van der Waals surface area contributed by atoms with E-state index in [2.05, 4.69) is 15.9 Å². The second-order valence-electron chi connectivity index (χ2n) is 3.14. The number of hydrogen-bond donors (Lipinski definition) is 0. The summed E-state index contributed by atoms with van der Waals surface area (Å²) in [6.45, 7) is 2.02. The predicted molar refractivity (Wildman–Crippen MR) is 59.8 cm³/mol. The third-order valence-electron chi connectivity index (χ3n) is 2.00. The van der Waals surface area contributed by atoms with Crippen LogP contribution in [0.1, 0.15) is 17.5 Å². The fraction of sp³-hybridized carbons (Fsp3) is 0.364. The van der Waals surface area contributed by atoms with E-state index in [0.717, 1.165) is 28.5 Å². The number of carbonyl (C=O) groups is 1. The van der Waals surface area contributed by atoms with Gasteiger partial charge in [0.2, 0.25) is 0 Å². The van der Waals surface area contributed by atoms with Gasteiger partial charge < -0.3 is 9.53 Å². The average Bonchev–Trinajstić information content (AvgIpc) is 2.14. The molecule has 0 atom stereocenters.